The average Bonchev–Trinajstić information content (AvgIpc) is 2.79. The van der Waals surface area contributed by atoms with Crippen molar-refractivity contribution >= 4 is 29.2 Å². The zero-order valence-electron chi connectivity index (χ0n) is 11.6. The average molecular weight is 314 g/mol. The predicted molar refractivity (Wildman–Crippen MR) is 76.9 cm³/mol. The van der Waals surface area contributed by atoms with E-state index in [9.17, 15) is 14.4 Å². The standard InChI is InChI=1S/C12H18N4O4S/c1-7-6-21-10(15-7)4-5-14-12(20)16-8(11(18)19)2-3-9(13)17/h6,8H,2-5H2,1H3,(H2,13,17)(H,18,19)(H2,14,16,20)/t8-/m0/s1. The van der Waals surface area contributed by atoms with Gasteiger partial charge in [0.15, 0.2) is 0 Å². The van der Waals surface area contributed by atoms with Crippen molar-refractivity contribution < 1.29 is 19.5 Å². The summed E-state index contributed by atoms with van der Waals surface area (Å²) in [4.78, 5) is 37.4. The summed E-state index contributed by atoms with van der Waals surface area (Å²) in [5.41, 5.74) is 5.88. The van der Waals surface area contributed by atoms with Crippen molar-refractivity contribution in [1.82, 2.24) is 15.6 Å². The molecule has 5 N–H and O–H groups in total. The highest BCUT2D eigenvalue weighted by atomic mass is 32.1. The van der Waals surface area contributed by atoms with E-state index in [-0.39, 0.29) is 12.8 Å². The first kappa shape index (κ1) is 16.9. The maximum absolute atomic E-state index is 11.6. The second kappa shape index (κ2) is 8.20. The Morgan fingerprint density at radius 2 is 2.19 bits per heavy atom. The van der Waals surface area contributed by atoms with Gasteiger partial charge in [0.1, 0.15) is 6.04 Å². The number of carboxylic acid groups (broad SMARTS) is 1. The van der Waals surface area contributed by atoms with Gasteiger partial charge in [-0.05, 0) is 13.3 Å². The Morgan fingerprint density at radius 3 is 2.71 bits per heavy atom. The van der Waals surface area contributed by atoms with Crippen molar-refractivity contribution in [2.75, 3.05) is 6.54 Å². The third-order valence-corrected chi connectivity index (χ3v) is 3.60. The number of aliphatic carboxylic acids is 1. The number of hydrogen-bond donors (Lipinski definition) is 4. The highest BCUT2D eigenvalue weighted by Gasteiger charge is 2.20. The SMILES string of the molecule is Cc1csc(CCNC(=O)N[C@@H](CCC(N)=O)C(=O)O)n1. The summed E-state index contributed by atoms with van der Waals surface area (Å²) in [6.45, 7) is 2.23. The molecule has 0 aliphatic rings. The molecule has 0 aliphatic heterocycles. The molecule has 0 aromatic carbocycles. The summed E-state index contributed by atoms with van der Waals surface area (Å²) >= 11 is 1.50. The largest absolute Gasteiger partial charge is 0.480 e. The van der Waals surface area contributed by atoms with Crippen LogP contribution in [-0.2, 0) is 16.0 Å². The van der Waals surface area contributed by atoms with Crippen LogP contribution in [0.2, 0.25) is 0 Å². The minimum absolute atomic E-state index is 0.0379. The lowest BCUT2D eigenvalue weighted by atomic mass is 10.1. The number of urea groups is 1. The van der Waals surface area contributed by atoms with Gasteiger partial charge in [0.2, 0.25) is 5.91 Å². The van der Waals surface area contributed by atoms with E-state index < -0.39 is 23.9 Å². The van der Waals surface area contributed by atoms with Crippen LogP contribution < -0.4 is 16.4 Å². The molecule has 116 valence electrons. The number of primary amides is 1. The molecule has 8 nitrogen and oxygen atoms in total. The maximum atomic E-state index is 11.6. The number of amides is 3. The van der Waals surface area contributed by atoms with E-state index in [1.54, 1.807) is 0 Å². The number of hydrogen-bond acceptors (Lipinski definition) is 5. The molecule has 0 bridgehead atoms. The third kappa shape index (κ3) is 6.70. The Morgan fingerprint density at radius 1 is 1.48 bits per heavy atom. The van der Waals surface area contributed by atoms with Crippen molar-refractivity contribution in [3.05, 3.63) is 16.1 Å². The zero-order chi connectivity index (χ0) is 15.8. The Kier molecular flexibility index (Phi) is 6.60. The number of carboxylic acids is 1. The minimum Gasteiger partial charge on any atom is -0.480 e. The van der Waals surface area contributed by atoms with E-state index in [1.165, 1.54) is 11.3 Å². The molecule has 21 heavy (non-hydrogen) atoms. The molecule has 1 heterocycles. The van der Waals surface area contributed by atoms with Crippen LogP contribution in [0.5, 0.6) is 0 Å². The highest BCUT2D eigenvalue weighted by Crippen LogP contribution is 2.08. The summed E-state index contributed by atoms with van der Waals surface area (Å²) in [7, 11) is 0. The molecule has 3 amide bonds. The zero-order valence-corrected chi connectivity index (χ0v) is 12.4. The first-order valence-corrected chi connectivity index (χ1v) is 7.23. The second-order valence-corrected chi connectivity index (χ2v) is 5.37. The molecule has 1 aromatic heterocycles. The van der Waals surface area contributed by atoms with E-state index in [4.69, 9.17) is 10.8 Å². The van der Waals surface area contributed by atoms with E-state index >= 15 is 0 Å². The molecule has 0 aliphatic carbocycles. The van der Waals surface area contributed by atoms with Gasteiger partial charge in [0.05, 0.1) is 5.01 Å². The van der Waals surface area contributed by atoms with Crippen LogP contribution in [0.3, 0.4) is 0 Å². The van der Waals surface area contributed by atoms with Gasteiger partial charge in [-0.25, -0.2) is 14.6 Å². The fraction of sp³-hybridized carbons (Fsp3) is 0.500. The Hall–Kier alpha value is -2.16. The minimum atomic E-state index is -1.21. The number of aromatic nitrogens is 1. The third-order valence-electron chi connectivity index (χ3n) is 2.57. The molecule has 9 heteroatoms. The summed E-state index contributed by atoms with van der Waals surface area (Å²) in [6.07, 6.45) is 0.435. The van der Waals surface area contributed by atoms with Crippen LogP contribution in [-0.4, -0.2) is 40.6 Å². The number of carbonyl (C=O) groups excluding carboxylic acids is 2. The van der Waals surface area contributed by atoms with Gasteiger partial charge < -0.3 is 21.5 Å². The van der Waals surface area contributed by atoms with Crippen molar-refractivity contribution in [3.8, 4) is 0 Å². The van der Waals surface area contributed by atoms with Gasteiger partial charge in [-0.3, -0.25) is 4.79 Å². The van der Waals surface area contributed by atoms with Gasteiger partial charge in [-0.1, -0.05) is 0 Å². The molecule has 0 saturated carbocycles. The van der Waals surface area contributed by atoms with E-state index in [0.29, 0.717) is 13.0 Å². The van der Waals surface area contributed by atoms with Crippen molar-refractivity contribution in [3.63, 3.8) is 0 Å². The van der Waals surface area contributed by atoms with Crippen LogP contribution in [0.25, 0.3) is 0 Å². The van der Waals surface area contributed by atoms with Crippen LogP contribution >= 0.6 is 11.3 Å². The number of thiazole rings is 1. The quantitative estimate of drug-likeness (QED) is 0.536. The fourth-order valence-electron chi connectivity index (χ4n) is 1.55. The first-order chi connectivity index (χ1) is 9.88. The van der Waals surface area contributed by atoms with Crippen LogP contribution in [0, 0.1) is 6.92 Å². The molecule has 0 spiro atoms. The summed E-state index contributed by atoms with van der Waals surface area (Å²) in [5, 5.41) is 16.6. The molecule has 0 fully saturated rings. The smallest absolute Gasteiger partial charge is 0.326 e. The van der Waals surface area contributed by atoms with Crippen LogP contribution in [0.4, 0.5) is 4.79 Å². The second-order valence-electron chi connectivity index (χ2n) is 4.43. The summed E-state index contributed by atoms with van der Waals surface area (Å²) < 4.78 is 0. The van der Waals surface area contributed by atoms with Gasteiger partial charge in [-0.2, -0.15) is 0 Å². The lowest BCUT2D eigenvalue weighted by molar-refractivity contribution is -0.139. The molecular weight excluding hydrogens is 296 g/mol. The molecule has 1 atom stereocenters. The number of rotatable bonds is 8. The first-order valence-electron chi connectivity index (χ1n) is 6.35. The molecule has 0 radical (unpaired) electrons. The number of nitrogens with two attached hydrogens (primary N) is 1. The number of nitrogens with zero attached hydrogens (tertiary/aromatic N) is 1. The molecule has 1 aromatic rings. The predicted octanol–water partition coefficient (Wildman–Crippen LogP) is 0.0119. The summed E-state index contributed by atoms with van der Waals surface area (Å²) in [6, 6.07) is -1.74. The van der Waals surface area contributed by atoms with Gasteiger partial charge in [-0.15, -0.1) is 11.3 Å². The van der Waals surface area contributed by atoms with E-state index in [0.717, 1.165) is 10.7 Å². The molecule has 1 rings (SSSR count). The maximum Gasteiger partial charge on any atom is 0.326 e. The fourth-order valence-corrected chi connectivity index (χ4v) is 2.33. The Balaban J connectivity index is 2.32. The Labute approximate surface area is 125 Å². The molecular formula is C12H18N4O4S. The monoisotopic (exact) mass is 314 g/mol. The highest BCUT2D eigenvalue weighted by molar-refractivity contribution is 7.09. The number of aryl methyl sites for hydroxylation is 1. The number of nitrogens with one attached hydrogen (secondary N) is 2. The topological polar surface area (TPSA) is 134 Å². The van der Waals surface area contributed by atoms with Gasteiger partial charge in [0.25, 0.3) is 0 Å². The van der Waals surface area contributed by atoms with Crippen molar-refractivity contribution in [1.29, 1.82) is 0 Å². The van der Waals surface area contributed by atoms with Crippen LogP contribution in [0.1, 0.15) is 23.5 Å². The van der Waals surface area contributed by atoms with Gasteiger partial charge in [0, 0.05) is 30.5 Å². The Bertz CT molecular complexity index is 517. The van der Waals surface area contributed by atoms with Gasteiger partial charge >= 0.3 is 12.0 Å². The lowest BCUT2D eigenvalue weighted by Gasteiger charge is -2.14. The van der Waals surface area contributed by atoms with Crippen LogP contribution in [0.15, 0.2) is 5.38 Å². The van der Waals surface area contributed by atoms with Crippen molar-refractivity contribution in [2.24, 2.45) is 5.73 Å². The molecule has 0 unspecified atom stereocenters. The number of carbonyl (C=O) groups is 3. The normalized spacial score (nSPS) is 11.7. The van der Waals surface area contributed by atoms with E-state index in [2.05, 4.69) is 15.6 Å². The summed E-state index contributed by atoms with van der Waals surface area (Å²) in [5.74, 6) is -1.82. The lowest BCUT2D eigenvalue weighted by Crippen LogP contribution is -2.46. The molecule has 0 saturated heterocycles. The van der Waals surface area contributed by atoms with Crippen molar-refractivity contribution in [2.45, 2.75) is 32.2 Å². The van der Waals surface area contributed by atoms with E-state index in [1.807, 2.05) is 12.3 Å².